The van der Waals surface area contributed by atoms with Gasteiger partial charge in [0.1, 0.15) is 5.78 Å². The number of aliphatic hydroxyl groups excluding tert-OH is 1. The molecule has 0 aromatic heterocycles. The Kier molecular flexibility index (Phi) is 7.85. The quantitative estimate of drug-likeness (QED) is 0.702. The van der Waals surface area contributed by atoms with Gasteiger partial charge in [0.05, 0.1) is 6.42 Å². The van der Waals surface area contributed by atoms with Gasteiger partial charge in [0, 0.05) is 39.1 Å². The van der Waals surface area contributed by atoms with Gasteiger partial charge in [-0.25, -0.2) is 0 Å². The van der Waals surface area contributed by atoms with Gasteiger partial charge in [0.15, 0.2) is 0 Å². The Bertz CT molecular complexity index is 196. The van der Waals surface area contributed by atoms with Gasteiger partial charge < -0.3 is 15.1 Å². The Labute approximate surface area is 89.7 Å². The van der Waals surface area contributed by atoms with Gasteiger partial charge in [-0.15, -0.1) is 0 Å². The predicted molar refractivity (Wildman–Crippen MR) is 55.7 cm³/mol. The van der Waals surface area contributed by atoms with Gasteiger partial charge in [-0.1, -0.05) is 0 Å². The third-order valence-electron chi connectivity index (χ3n) is 2.06. The van der Waals surface area contributed by atoms with E-state index in [0.717, 1.165) is 13.1 Å². The summed E-state index contributed by atoms with van der Waals surface area (Å²) in [6.45, 7) is 3.96. The Hall–Kier alpha value is -0.940. The molecule has 2 N–H and O–H groups in total. The Morgan fingerprint density at radius 1 is 1.40 bits per heavy atom. The number of aliphatic carboxylic acids is 1. The molecule has 15 heavy (non-hydrogen) atoms. The van der Waals surface area contributed by atoms with Crippen LogP contribution in [0.2, 0.25) is 0 Å². The van der Waals surface area contributed by atoms with Crippen molar-refractivity contribution in [3.05, 3.63) is 0 Å². The fourth-order valence-electron chi connectivity index (χ4n) is 1.28. The average Bonchev–Trinajstić information content (AvgIpc) is 2.18. The van der Waals surface area contributed by atoms with E-state index in [1.807, 2.05) is 4.90 Å². The van der Waals surface area contributed by atoms with Crippen LogP contribution in [0.4, 0.5) is 0 Å². The molecule has 0 aromatic rings. The van der Waals surface area contributed by atoms with E-state index in [-0.39, 0.29) is 13.0 Å². The second-order valence-electron chi connectivity index (χ2n) is 3.34. The first kappa shape index (κ1) is 14.1. The molecule has 1 aliphatic rings. The number of carbonyl (C=O) groups excluding carboxylic acids is 1. The van der Waals surface area contributed by atoms with Crippen LogP contribution in [0.5, 0.6) is 0 Å². The number of carboxylic acids is 1. The van der Waals surface area contributed by atoms with Crippen LogP contribution in [-0.2, 0) is 9.59 Å². The minimum absolute atomic E-state index is 0.175. The van der Waals surface area contributed by atoms with E-state index >= 15 is 0 Å². The van der Waals surface area contributed by atoms with Crippen LogP contribution in [0.1, 0.15) is 26.2 Å². The van der Waals surface area contributed by atoms with Crippen molar-refractivity contribution in [2.24, 2.45) is 0 Å². The van der Waals surface area contributed by atoms with E-state index in [1.54, 1.807) is 6.92 Å². The first-order valence-electron chi connectivity index (χ1n) is 5.16. The molecule has 0 aromatic carbocycles. The molecule has 0 saturated carbocycles. The molecule has 1 rings (SSSR count). The lowest BCUT2D eigenvalue weighted by atomic mass is 10.1. The second-order valence-corrected chi connectivity index (χ2v) is 3.34. The zero-order chi connectivity index (χ0) is 11.7. The third kappa shape index (κ3) is 8.08. The molecule has 88 valence electrons. The van der Waals surface area contributed by atoms with E-state index < -0.39 is 5.97 Å². The largest absolute Gasteiger partial charge is 0.481 e. The van der Waals surface area contributed by atoms with Crippen LogP contribution in [0, 0.1) is 0 Å². The smallest absolute Gasteiger partial charge is 0.304 e. The van der Waals surface area contributed by atoms with Gasteiger partial charge in [-0.05, 0) is 6.92 Å². The molecule has 5 heteroatoms. The molecule has 0 aliphatic carbocycles. The van der Waals surface area contributed by atoms with Crippen molar-refractivity contribution in [3.63, 3.8) is 0 Å². The average molecular weight is 217 g/mol. The summed E-state index contributed by atoms with van der Waals surface area (Å²) in [4.78, 5) is 23.0. The van der Waals surface area contributed by atoms with E-state index in [4.69, 9.17) is 10.2 Å². The number of carboxylic acid groups (broad SMARTS) is 1. The Morgan fingerprint density at radius 2 is 1.87 bits per heavy atom. The maximum absolute atomic E-state index is 10.8. The number of ketones is 1. The van der Waals surface area contributed by atoms with Crippen molar-refractivity contribution in [1.29, 1.82) is 0 Å². The highest BCUT2D eigenvalue weighted by Crippen LogP contribution is 2.05. The summed E-state index contributed by atoms with van der Waals surface area (Å²) in [5.41, 5.74) is 0. The molecule has 0 unspecified atom stereocenters. The fraction of sp³-hybridized carbons (Fsp3) is 0.800. The van der Waals surface area contributed by atoms with Crippen molar-refractivity contribution in [2.75, 3.05) is 26.2 Å². The molecule has 0 atom stereocenters. The molecule has 5 nitrogen and oxygen atoms in total. The predicted octanol–water partition coefficient (Wildman–Crippen LogP) is 0.125. The van der Waals surface area contributed by atoms with Gasteiger partial charge in [0.2, 0.25) is 0 Å². The maximum Gasteiger partial charge on any atom is 0.304 e. The number of hydrogen-bond donors (Lipinski definition) is 2. The van der Waals surface area contributed by atoms with E-state index in [0.29, 0.717) is 25.2 Å². The summed E-state index contributed by atoms with van der Waals surface area (Å²) in [7, 11) is 0. The van der Waals surface area contributed by atoms with Crippen LogP contribution < -0.4 is 0 Å². The molecule has 0 bridgehead atoms. The summed E-state index contributed by atoms with van der Waals surface area (Å²) in [6.07, 6.45) is 1.34. The standard InChI is InChI=1S/C8H13NO3.C2H6O/c10-7-1-4-9(5-2-7)6-3-8(11)12;1-2-3/h1-6H2,(H,11,12);3H,2H2,1H3. The number of Topliss-reactive ketones (excluding diaryl/α,β-unsaturated/α-hetero) is 1. The third-order valence-corrected chi connectivity index (χ3v) is 2.06. The van der Waals surface area contributed by atoms with Gasteiger partial charge in [0.25, 0.3) is 0 Å². The number of nitrogens with zero attached hydrogens (tertiary/aromatic N) is 1. The first-order chi connectivity index (χ1) is 7.10. The number of hydrogen-bond acceptors (Lipinski definition) is 4. The van der Waals surface area contributed by atoms with Crippen molar-refractivity contribution in [2.45, 2.75) is 26.2 Å². The number of rotatable bonds is 3. The summed E-state index contributed by atoms with van der Waals surface area (Å²) in [5.74, 6) is -0.478. The van der Waals surface area contributed by atoms with E-state index in [2.05, 4.69) is 0 Å². The van der Waals surface area contributed by atoms with Gasteiger partial charge in [-0.3, -0.25) is 9.59 Å². The molecule has 1 saturated heterocycles. The monoisotopic (exact) mass is 217 g/mol. The molecule has 0 spiro atoms. The highest BCUT2D eigenvalue weighted by Gasteiger charge is 2.15. The lowest BCUT2D eigenvalue weighted by Gasteiger charge is -2.24. The molecule has 1 fully saturated rings. The highest BCUT2D eigenvalue weighted by atomic mass is 16.4. The molecule has 0 radical (unpaired) electrons. The SMILES string of the molecule is CCO.O=C(O)CCN1CCC(=O)CC1. The van der Waals surface area contributed by atoms with E-state index in [1.165, 1.54) is 0 Å². The number of likely N-dealkylation sites (tertiary alicyclic amines) is 1. The van der Waals surface area contributed by atoms with Crippen LogP contribution in [0.25, 0.3) is 0 Å². The summed E-state index contributed by atoms with van der Waals surface area (Å²) < 4.78 is 0. The zero-order valence-electron chi connectivity index (χ0n) is 9.11. The van der Waals surface area contributed by atoms with Crippen molar-refractivity contribution < 1.29 is 19.8 Å². The summed E-state index contributed by atoms with van der Waals surface area (Å²) in [6, 6.07) is 0. The second kappa shape index (κ2) is 8.38. The Morgan fingerprint density at radius 3 is 2.27 bits per heavy atom. The summed E-state index contributed by atoms with van der Waals surface area (Å²) >= 11 is 0. The number of aliphatic hydroxyl groups is 1. The van der Waals surface area contributed by atoms with E-state index in [9.17, 15) is 9.59 Å². The molecule has 1 heterocycles. The minimum atomic E-state index is -0.771. The lowest BCUT2D eigenvalue weighted by molar-refractivity contribution is -0.137. The lowest BCUT2D eigenvalue weighted by Crippen LogP contribution is -2.35. The number of carbonyl (C=O) groups is 2. The molecule has 0 amide bonds. The molecule has 1 aliphatic heterocycles. The van der Waals surface area contributed by atoms with Gasteiger partial charge in [-0.2, -0.15) is 0 Å². The van der Waals surface area contributed by atoms with Crippen molar-refractivity contribution in [1.82, 2.24) is 4.90 Å². The summed E-state index contributed by atoms with van der Waals surface area (Å²) in [5, 5.41) is 16.0. The first-order valence-corrected chi connectivity index (χ1v) is 5.16. The normalized spacial score (nSPS) is 16.8. The topological polar surface area (TPSA) is 77.8 Å². The maximum atomic E-state index is 10.8. The van der Waals surface area contributed by atoms with Crippen LogP contribution in [0.3, 0.4) is 0 Å². The fourth-order valence-corrected chi connectivity index (χ4v) is 1.28. The minimum Gasteiger partial charge on any atom is -0.481 e. The number of piperidine rings is 1. The van der Waals surface area contributed by atoms with Crippen molar-refractivity contribution >= 4 is 11.8 Å². The molecular formula is C10H19NO4. The molecular weight excluding hydrogens is 198 g/mol. The highest BCUT2D eigenvalue weighted by molar-refractivity contribution is 5.79. The van der Waals surface area contributed by atoms with Crippen LogP contribution in [-0.4, -0.2) is 53.1 Å². The van der Waals surface area contributed by atoms with Crippen molar-refractivity contribution in [3.8, 4) is 0 Å². The zero-order valence-corrected chi connectivity index (χ0v) is 9.11. The Balaban J connectivity index is 0.000000583. The van der Waals surface area contributed by atoms with Gasteiger partial charge >= 0.3 is 5.97 Å². The van der Waals surface area contributed by atoms with Crippen LogP contribution in [0.15, 0.2) is 0 Å². The van der Waals surface area contributed by atoms with Crippen LogP contribution >= 0.6 is 0 Å².